The highest BCUT2D eigenvalue weighted by Crippen LogP contribution is 2.27. The Labute approximate surface area is 111 Å². The highest BCUT2D eigenvalue weighted by Gasteiger charge is 2.34. The van der Waals surface area contributed by atoms with Crippen molar-refractivity contribution in [2.24, 2.45) is 5.41 Å². The molecule has 0 aromatic heterocycles. The minimum Gasteiger partial charge on any atom is -0.314 e. The molecule has 1 N–H and O–H groups in total. The van der Waals surface area contributed by atoms with Crippen LogP contribution in [-0.2, 0) is 6.54 Å². The van der Waals surface area contributed by atoms with Crippen molar-refractivity contribution >= 4 is 0 Å². The normalized spacial score (nSPS) is 23.6. The van der Waals surface area contributed by atoms with Crippen molar-refractivity contribution in [2.75, 3.05) is 19.6 Å². The van der Waals surface area contributed by atoms with Crippen molar-refractivity contribution in [1.82, 2.24) is 10.2 Å². The third-order valence-corrected chi connectivity index (χ3v) is 3.85. The lowest BCUT2D eigenvalue weighted by atomic mass is 9.92. The van der Waals surface area contributed by atoms with Crippen LogP contribution >= 0.6 is 0 Å². The second kappa shape index (κ2) is 5.02. The third-order valence-electron chi connectivity index (χ3n) is 3.85. The molecule has 0 atom stereocenters. The molecular weight excluding hydrogens is 220 g/mol. The SMILES string of the molecule is CC1(C)CNCC(C)(C)N(Cc2ccccc2)C1. The molecule has 1 aliphatic heterocycles. The van der Waals surface area contributed by atoms with Crippen LogP contribution in [-0.4, -0.2) is 30.1 Å². The van der Waals surface area contributed by atoms with Crippen molar-refractivity contribution < 1.29 is 0 Å². The Morgan fingerprint density at radius 2 is 1.72 bits per heavy atom. The van der Waals surface area contributed by atoms with Gasteiger partial charge in [-0.25, -0.2) is 0 Å². The zero-order valence-electron chi connectivity index (χ0n) is 12.2. The van der Waals surface area contributed by atoms with Crippen molar-refractivity contribution in [3.63, 3.8) is 0 Å². The number of hydrogen-bond acceptors (Lipinski definition) is 2. The van der Waals surface area contributed by atoms with Crippen LogP contribution in [0.2, 0.25) is 0 Å². The molecule has 0 saturated carbocycles. The Morgan fingerprint density at radius 3 is 2.39 bits per heavy atom. The summed E-state index contributed by atoms with van der Waals surface area (Å²) in [6.45, 7) is 13.7. The van der Waals surface area contributed by atoms with Gasteiger partial charge in [-0.05, 0) is 24.8 Å². The fourth-order valence-electron chi connectivity index (χ4n) is 2.68. The van der Waals surface area contributed by atoms with Crippen LogP contribution in [0.25, 0.3) is 0 Å². The van der Waals surface area contributed by atoms with E-state index in [-0.39, 0.29) is 5.54 Å². The van der Waals surface area contributed by atoms with Gasteiger partial charge >= 0.3 is 0 Å². The maximum Gasteiger partial charge on any atom is 0.0281 e. The molecule has 1 saturated heterocycles. The van der Waals surface area contributed by atoms with Crippen LogP contribution in [0.1, 0.15) is 33.3 Å². The molecule has 0 amide bonds. The van der Waals surface area contributed by atoms with Crippen LogP contribution in [0.3, 0.4) is 0 Å². The molecule has 2 nitrogen and oxygen atoms in total. The molecule has 0 bridgehead atoms. The number of nitrogens with zero attached hydrogens (tertiary/aromatic N) is 1. The first-order valence-electron chi connectivity index (χ1n) is 6.89. The molecule has 1 aromatic rings. The monoisotopic (exact) mass is 246 g/mol. The van der Waals surface area contributed by atoms with Gasteiger partial charge in [-0.2, -0.15) is 0 Å². The molecule has 0 spiro atoms. The summed E-state index contributed by atoms with van der Waals surface area (Å²) in [7, 11) is 0. The van der Waals surface area contributed by atoms with Gasteiger partial charge in [0, 0.05) is 31.7 Å². The smallest absolute Gasteiger partial charge is 0.0281 e. The van der Waals surface area contributed by atoms with E-state index in [2.05, 4.69) is 68.2 Å². The van der Waals surface area contributed by atoms with E-state index in [0.717, 1.165) is 26.2 Å². The van der Waals surface area contributed by atoms with Gasteiger partial charge in [0.2, 0.25) is 0 Å². The van der Waals surface area contributed by atoms with E-state index in [4.69, 9.17) is 0 Å². The van der Waals surface area contributed by atoms with Gasteiger partial charge in [0.1, 0.15) is 0 Å². The van der Waals surface area contributed by atoms with Crippen LogP contribution in [0.4, 0.5) is 0 Å². The number of hydrogen-bond donors (Lipinski definition) is 1. The van der Waals surface area contributed by atoms with Crippen molar-refractivity contribution in [2.45, 2.75) is 39.8 Å². The number of benzene rings is 1. The average Bonchev–Trinajstić information content (AvgIpc) is 2.37. The number of rotatable bonds is 2. The molecule has 100 valence electrons. The summed E-state index contributed by atoms with van der Waals surface area (Å²) in [5.41, 5.74) is 1.95. The standard InChI is InChI=1S/C16H26N2/c1-15(2)11-17-12-16(3,4)18(13-15)10-14-8-6-5-7-9-14/h5-9,17H,10-13H2,1-4H3. The van der Waals surface area contributed by atoms with E-state index in [1.165, 1.54) is 5.56 Å². The second-order valence-corrected chi connectivity index (χ2v) is 6.92. The first-order chi connectivity index (χ1) is 8.39. The zero-order chi connectivity index (χ0) is 13.2. The Morgan fingerprint density at radius 1 is 1.06 bits per heavy atom. The molecule has 0 aliphatic carbocycles. The first kappa shape index (κ1) is 13.6. The Balaban J connectivity index is 2.16. The molecule has 2 rings (SSSR count). The predicted molar refractivity (Wildman–Crippen MR) is 77.6 cm³/mol. The van der Waals surface area contributed by atoms with Crippen molar-refractivity contribution in [3.8, 4) is 0 Å². The number of nitrogens with one attached hydrogen (secondary N) is 1. The Bertz CT molecular complexity index is 381. The fourth-order valence-corrected chi connectivity index (χ4v) is 2.68. The van der Waals surface area contributed by atoms with Gasteiger partial charge in [-0.1, -0.05) is 44.2 Å². The molecule has 18 heavy (non-hydrogen) atoms. The average molecular weight is 246 g/mol. The van der Waals surface area contributed by atoms with E-state index in [9.17, 15) is 0 Å². The van der Waals surface area contributed by atoms with E-state index >= 15 is 0 Å². The summed E-state index contributed by atoms with van der Waals surface area (Å²) < 4.78 is 0. The van der Waals surface area contributed by atoms with Crippen LogP contribution < -0.4 is 5.32 Å². The van der Waals surface area contributed by atoms with Gasteiger partial charge in [-0.3, -0.25) is 4.90 Å². The van der Waals surface area contributed by atoms with E-state index < -0.39 is 0 Å². The van der Waals surface area contributed by atoms with Gasteiger partial charge in [0.15, 0.2) is 0 Å². The first-order valence-corrected chi connectivity index (χ1v) is 6.89. The van der Waals surface area contributed by atoms with Crippen LogP contribution in [0, 0.1) is 5.41 Å². The molecular formula is C16H26N2. The van der Waals surface area contributed by atoms with Gasteiger partial charge in [-0.15, -0.1) is 0 Å². The lowest BCUT2D eigenvalue weighted by Crippen LogP contribution is -2.48. The van der Waals surface area contributed by atoms with Crippen molar-refractivity contribution in [3.05, 3.63) is 35.9 Å². The molecule has 0 radical (unpaired) electrons. The summed E-state index contributed by atoms with van der Waals surface area (Å²) in [5, 5.41) is 3.60. The minimum atomic E-state index is 0.212. The van der Waals surface area contributed by atoms with Crippen LogP contribution in [0.15, 0.2) is 30.3 Å². The molecule has 1 heterocycles. The lowest BCUT2D eigenvalue weighted by molar-refractivity contribution is 0.0921. The summed E-state index contributed by atoms with van der Waals surface area (Å²) >= 11 is 0. The Hall–Kier alpha value is -0.860. The van der Waals surface area contributed by atoms with E-state index in [1.807, 2.05) is 0 Å². The van der Waals surface area contributed by atoms with Crippen molar-refractivity contribution in [1.29, 1.82) is 0 Å². The van der Waals surface area contributed by atoms with Gasteiger partial charge in [0.05, 0.1) is 0 Å². The molecule has 2 heteroatoms. The topological polar surface area (TPSA) is 15.3 Å². The minimum absolute atomic E-state index is 0.212. The maximum atomic E-state index is 3.60. The van der Waals surface area contributed by atoms with Crippen LogP contribution in [0.5, 0.6) is 0 Å². The quantitative estimate of drug-likeness (QED) is 0.863. The fraction of sp³-hybridized carbons (Fsp3) is 0.625. The molecule has 1 aromatic carbocycles. The summed E-state index contributed by atoms with van der Waals surface area (Å²) in [5.74, 6) is 0. The maximum absolute atomic E-state index is 3.60. The lowest BCUT2D eigenvalue weighted by Gasteiger charge is -2.39. The molecule has 1 aliphatic rings. The highest BCUT2D eigenvalue weighted by molar-refractivity contribution is 5.15. The molecule has 1 fully saturated rings. The van der Waals surface area contributed by atoms with Gasteiger partial charge < -0.3 is 5.32 Å². The van der Waals surface area contributed by atoms with E-state index in [0.29, 0.717) is 5.41 Å². The summed E-state index contributed by atoms with van der Waals surface area (Å²) in [6.07, 6.45) is 0. The van der Waals surface area contributed by atoms with E-state index in [1.54, 1.807) is 0 Å². The Kier molecular flexibility index (Phi) is 3.79. The molecule has 0 unspecified atom stereocenters. The largest absolute Gasteiger partial charge is 0.314 e. The zero-order valence-corrected chi connectivity index (χ0v) is 12.2. The predicted octanol–water partition coefficient (Wildman–Crippen LogP) is 2.90. The third kappa shape index (κ3) is 3.33. The second-order valence-electron chi connectivity index (χ2n) is 6.92. The summed E-state index contributed by atoms with van der Waals surface area (Å²) in [6, 6.07) is 10.8. The highest BCUT2D eigenvalue weighted by atomic mass is 15.2. The van der Waals surface area contributed by atoms with Gasteiger partial charge in [0.25, 0.3) is 0 Å². The summed E-state index contributed by atoms with van der Waals surface area (Å²) in [4.78, 5) is 2.61.